The molecule has 0 aromatic heterocycles. The average molecular weight is 161 g/mol. The summed E-state index contributed by atoms with van der Waals surface area (Å²) in [5, 5.41) is 0. The van der Waals surface area contributed by atoms with Gasteiger partial charge in [0.15, 0.2) is 0 Å². The highest BCUT2D eigenvalue weighted by atomic mass is 19.1. The fourth-order valence-electron chi connectivity index (χ4n) is 1.26. The molecule has 0 saturated heterocycles. The molecule has 1 atom stereocenters. The second kappa shape index (κ2) is 5.53. The molecule has 0 heterocycles. The van der Waals surface area contributed by atoms with Crippen molar-refractivity contribution in [1.82, 2.24) is 4.90 Å². The van der Waals surface area contributed by atoms with Crippen molar-refractivity contribution in [3.8, 4) is 0 Å². The molecule has 0 aliphatic carbocycles. The van der Waals surface area contributed by atoms with Crippen LogP contribution >= 0.6 is 0 Å². The molecule has 0 N–H and O–H groups in total. The van der Waals surface area contributed by atoms with Crippen LogP contribution < -0.4 is 0 Å². The molecule has 0 amide bonds. The van der Waals surface area contributed by atoms with Crippen molar-refractivity contribution in [3.05, 3.63) is 0 Å². The van der Waals surface area contributed by atoms with Gasteiger partial charge >= 0.3 is 0 Å². The molecule has 0 aromatic carbocycles. The van der Waals surface area contributed by atoms with Crippen LogP contribution in [0.2, 0.25) is 0 Å². The van der Waals surface area contributed by atoms with Crippen LogP contribution in [0, 0.1) is 5.92 Å². The molecule has 0 aliphatic heterocycles. The molecular weight excluding hydrogens is 141 g/mol. The van der Waals surface area contributed by atoms with E-state index >= 15 is 0 Å². The Bertz CT molecular complexity index is 89.6. The summed E-state index contributed by atoms with van der Waals surface area (Å²) in [6, 6.07) is 0.123. The van der Waals surface area contributed by atoms with E-state index in [0.717, 1.165) is 13.0 Å². The fourth-order valence-corrected chi connectivity index (χ4v) is 1.26. The van der Waals surface area contributed by atoms with Crippen LogP contribution in [0.15, 0.2) is 0 Å². The molecule has 0 saturated carbocycles. The molecule has 0 rings (SSSR count). The van der Waals surface area contributed by atoms with E-state index in [1.807, 2.05) is 14.0 Å². The van der Waals surface area contributed by atoms with E-state index in [4.69, 9.17) is 0 Å². The Morgan fingerprint density at radius 1 is 1.36 bits per heavy atom. The largest absolute Gasteiger partial charge is 0.301 e. The summed E-state index contributed by atoms with van der Waals surface area (Å²) in [5.41, 5.74) is 0. The number of alkyl halides is 1. The molecule has 2 heteroatoms. The van der Waals surface area contributed by atoms with Crippen LogP contribution in [0.25, 0.3) is 0 Å². The standard InChI is InChI=1S/C9H20FN/c1-5-9(6-10)11(4)7-8(2)3/h8-9H,5-7H2,1-4H3. The van der Waals surface area contributed by atoms with Gasteiger partial charge in [0.1, 0.15) is 6.67 Å². The summed E-state index contributed by atoms with van der Waals surface area (Å²) in [5.74, 6) is 0.626. The minimum atomic E-state index is -0.222. The number of rotatable bonds is 5. The first kappa shape index (κ1) is 10.9. The van der Waals surface area contributed by atoms with Crippen molar-refractivity contribution in [1.29, 1.82) is 0 Å². The second-order valence-electron chi connectivity index (χ2n) is 3.55. The van der Waals surface area contributed by atoms with Crippen molar-refractivity contribution in [2.45, 2.75) is 33.2 Å². The van der Waals surface area contributed by atoms with Gasteiger partial charge in [0.2, 0.25) is 0 Å². The molecule has 0 aliphatic rings. The minimum absolute atomic E-state index is 0.123. The molecule has 0 radical (unpaired) electrons. The van der Waals surface area contributed by atoms with Gasteiger partial charge in [-0.3, -0.25) is 0 Å². The third-order valence-electron chi connectivity index (χ3n) is 1.93. The van der Waals surface area contributed by atoms with Gasteiger partial charge in [0.25, 0.3) is 0 Å². The van der Waals surface area contributed by atoms with E-state index in [1.165, 1.54) is 0 Å². The van der Waals surface area contributed by atoms with Crippen LogP contribution in [0.4, 0.5) is 4.39 Å². The Morgan fingerprint density at radius 2 is 1.91 bits per heavy atom. The van der Waals surface area contributed by atoms with E-state index in [-0.39, 0.29) is 12.7 Å². The van der Waals surface area contributed by atoms with E-state index in [1.54, 1.807) is 0 Å². The molecule has 0 aromatic rings. The summed E-state index contributed by atoms with van der Waals surface area (Å²) in [4.78, 5) is 2.10. The molecule has 0 bridgehead atoms. The van der Waals surface area contributed by atoms with E-state index in [0.29, 0.717) is 5.92 Å². The van der Waals surface area contributed by atoms with Crippen molar-refractivity contribution in [2.75, 3.05) is 20.3 Å². The highest BCUT2D eigenvalue weighted by Gasteiger charge is 2.12. The molecule has 1 unspecified atom stereocenters. The first-order valence-corrected chi connectivity index (χ1v) is 4.38. The SMILES string of the molecule is CCC(CF)N(C)CC(C)C. The van der Waals surface area contributed by atoms with Gasteiger partial charge in [-0.05, 0) is 19.4 Å². The maximum atomic E-state index is 12.3. The Kier molecular flexibility index (Phi) is 5.47. The highest BCUT2D eigenvalue weighted by molar-refractivity contribution is 4.66. The monoisotopic (exact) mass is 161 g/mol. The molecule has 1 nitrogen and oxygen atoms in total. The van der Waals surface area contributed by atoms with Gasteiger partial charge in [0.05, 0.1) is 0 Å². The van der Waals surface area contributed by atoms with Crippen LogP contribution in [-0.4, -0.2) is 31.2 Å². The van der Waals surface area contributed by atoms with E-state index in [2.05, 4.69) is 18.7 Å². The molecular formula is C9H20FN. The van der Waals surface area contributed by atoms with Crippen molar-refractivity contribution in [3.63, 3.8) is 0 Å². The molecule has 0 fully saturated rings. The van der Waals surface area contributed by atoms with Gasteiger partial charge < -0.3 is 4.90 Å². The highest BCUT2D eigenvalue weighted by Crippen LogP contribution is 2.05. The summed E-state index contributed by atoms with van der Waals surface area (Å²) in [6.45, 7) is 7.10. The lowest BCUT2D eigenvalue weighted by atomic mass is 10.1. The maximum absolute atomic E-state index is 12.3. The summed E-state index contributed by atoms with van der Waals surface area (Å²) in [6.07, 6.45) is 0.903. The van der Waals surface area contributed by atoms with Gasteiger partial charge in [-0.2, -0.15) is 0 Å². The van der Waals surface area contributed by atoms with Crippen molar-refractivity contribution >= 4 is 0 Å². The van der Waals surface area contributed by atoms with Crippen LogP contribution in [0.5, 0.6) is 0 Å². The summed E-state index contributed by atoms with van der Waals surface area (Å²) < 4.78 is 12.3. The predicted molar refractivity (Wildman–Crippen MR) is 47.5 cm³/mol. The molecule has 0 spiro atoms. The first-order valence-electron chi connectivity index (χ1n) is 4.38. The van der Waals surface area contributed by atoms with Crippen molar-refractivity contribution in [2.24, 2.45) is 5.92 Å². The number of hydrogen-bond donors (Lipinski definition) is 0. The second-order valence-corrected chi connectivity index (χ2v) is 3.55. The summed E-state index contributed by atoms with van der Waals surface area (Å²) >= 11 is 0. The Hall–Kier alpha value is -0.110. The van der Waals surface area contributed by atoms with E-state index < -0.39 is 0 Å². The van der Waals surface area contributed by atoms with Gasteiger partial charge in [-0.1, -0.05) is 20.8 Å². The predicted octanol–water partition coefficient (Wildman–Crippen LogP) is 2.32. The van der Waals surface area contributed by atoms with Gasteiger partial charge in [-0.15, -0.1) is 0 Å². The average Bonchev–Trinajstić information content (AvgIpc) is 1.88. The van der Waals surface area contributed by atoms with Crippen LogP contribution in [0.1, 0.15) is 27.2 Å². The number of halogens is 1. The lowest BCUT2D eigenvalue weighted by molar-refractivity contribution is 0.179. The Morgan fingerprint density at radius 3 is 2.18 bits per heavy atom. The lowest BCUT2D eigenvalue weighted by Gasteiger charge is -2.26. The quantitative estimate of drug-likeness (QED) is 0.598. The third-order valence-corrected chi connectivity index (χ3v) is 1.93. The minimum Gasteiger partial charge on any atom is -0.301 e. The zero-order valence-corrected chi connectivity index (χ0v) is 8.10. The Labute approximate surface area is 69.6 Å². The van der Waals surface area contributed by atoms with Crippen LogP contribution in [-0.2, 0) is 0 Å². The lowest BCUT2D eigenvalue weighted by Crippen LogP contribution is -2.35. The van der Waals surface area contributed by atoms with Gasteiger partial charge in [-0.25, -0.2) is 4.39 Å². The topological polar surface area (TPSA) is 3.24 Å². The fraction of sp³-hybridized carbons (Fsp3) is 1.00. The maximum Gasteiger partial charge on any atom is 0.105 e. The number of hydrogen-bond acceptors (Lipinski definition) is 1. The Balaban J connectivity index is 3.68. The smallest absolute Gasteiger partial charge is 0.105 e. The zero-order valence-electron chi connectivity index (χ0n) is 8.10. The van der Waals surface area contributed by atoms with E-state index in [9.17, 15) is 4.39 Å². The van der Waals surface area contributed by atoms with Gasteiger partial charge in [0, 0.05) is 12.6 Å². The number of nitrogens with zero attached hydrogens (tertiary/aromatic N) is 1. The zero-order chi connectivity index (χ0) is 8.85. The third kappa shape index (κ3) is 4.35. The molecule has 11 heavy (non-hydrogen) atoms. The normalized spacial score (nSPS) is 14.5. The summed E-state index contributed by atoms with van der Waals surface area (Å²) in [7, 11) is 1.99. The van der Waals surface area contributed by atoms with Crippen LogP contribution in [0.3, 0.4) is 0 Å². The first-order chi connectivity index (χ1) is 5.11. The van der Waals surface area contributed by atoms with Crippen molar-refractivity contribution < 1.29 is 4.39 Å². The molecule has 68 valence electrons.